The van der Waals surface area contributed by atoms with Crippen molar-refractivity contribution in [1.82, 2.24) is 4.90 Å². The van der Waals surface area contributed by atoms with Gasteiger partial charge in [0.2, 0.25) is 0 Å². The van der Waals surface area contributed by atoms with Crippen LogP contribution in [-0.2, 0) is 13.0 Å². The van der Waals surface area contributed by atoms with E-state index in [1.54, 1.807) is 0 Å². The van der Waals surface area contributed by atoms with E-state index >= 15 is 0 Å². The topological polar surface area (TPSA) is 46.3 Å². The Morgan fingerprint density at radius 3 is 2.70 bits per heavy atom. The average molecular weight is 308 g/mol. The highest BCUT2D eigenvalue weighted by Gasteiger charge is 2.22. The lowest BCUT2D eigenvalue weighted by atomic mass is 9.93. The van der Waals surface area contributed by atoms with E-state index < -0.39 is 0 Å². The molecular weight excluding hydrogens is 284 g/mol. The van der Waals surface area contributed by atoms with Crippen molar-refractivity contribution in [3.05, 3.63) is 70.8 Å². The van der Waals surface area contributed by atoms with Gasteiger partial charge in [-0.15, -0.1) is 0 Å². The van der Waals surface area contributed by atoms with Crippen LogP contribution in [-0.4, -0.2) is 17.4 Å². The molecule has 0 aromatic heterocycles. The molecule has 2 N–H and O–H groups in total. The Bertz CT molecular complexity index is 681. The van der Waals surface area contributed by atoms with Gasteiger partial charge < -0.3 is 10.6 Å². The molecule has 0 bridgehead atoms. The summed E-state index contributed by atoms with van der Waals surface area (Å²) in [4.78, 5) is 14.6. The van der Waals surface area contributed by atoms with Crippen molar-refractivity contribution in [2.75, 3.05) is 6.54 Å². The molecule has 0 saturated carbocycles. The quantitative estimate of drug-likeness (QED) is 0.936. The molecule has 0 radical (unpaired) electrons. The van der Waals surface area contributed by atoms with Crippen LogP contribution in [0.4, 0.5) is 0 Å². The van der Waals surface area contributed by atoms with Gasteiger partial charge in [-0.2, -0.15) is 0 Å². The van der Waals surface area contributed by atoms with E-state index in [-0.39, 0.29) is 11.9 Å². The highest BCUT2D eigenvalue weighted by molar-refractivity contribution is 5.94. The second-order valence-electron chi connectivity index (χ2n) is 6.27. The first-order valence-electron chi connectivity index (χ1n) is 8.40. The summed E-state index contributed by atoms with van der Waals surface area (Å²) in [6, 6.07) is 16.1. The lowest BCUT2D eigenvalue weighted by Crippen LogP contribution is -2.36. The molecule has 3 rings (SSSR count). The van der Waals surface area contributed by atoms with Crippen molar-refractivity contribution in [2.45, 2.75) is 38.8 Å². The maximum absolute atomic E-state index is 12.6. The average Bonchev–Trinajstić information content (AvgIpc) is 2.61. The van der Waals surface area contributed by atoms with E-state index in [4.69, 9.17) is 5.73 Å². The third kappa shape index (κ3) is 3.45. The largest absolute Gasteiger partial charge is 0.334 e. The normalized spacial score (nSPS) is 15.1. The van der Waals surface area contributed by atoms with Gasteiger partial charge in [0.25, 0.3) is 5.91 Å². The van der Waals surface area contributed by atoms with Crippen molar-refractivity contribution in [2.24, 2.45) is 5.73 Å². The van der Waals surface area contributed by atoms with Gasteiger partial charge >= 0.3 is 0 Å². The molecule has 1 unspecified atom stereocenters. The summed E-state index contributed by atoms with van der Waals surface area (Å²) in [7, 11) is 0. The molecule has 2 aromatic rings. The molecule has 1 atom stereocenters. The van der Waals surface area contributed by atoms with Crippen LogP contribution in [0.3, 0.4) is 0 Å². The van der Waals surface area contributed by atoms with Gasteiger partial charge in [-0.1, -0.05) is 49.7 Å². The number of hydrogen-bond donors (Lipinski definition) is 1. The fraction of sp³-hybridized carbons (Fsp3) is 0.350. The fourth-order valence-corrected chi connectivity index (χ4v) is 3.22. The van der Waals surface area contributed by atoms with Crippen molar-refractivity contribution < 1.29 is 4.79 Å². The molecule has 2 aromatic carbocycles. The van der Waals surface area contributed by atoms with Crippen LogP contribution < -0.4 is 5.73 Å². The van der Waals surface area contributed by atoms with Gasteiger partial charge in [0.1, 0.15) is 0 Å². The SMILES string of the molecule is CCCC(N)c1ccc2c(c1)CN(C(=O)c1ccccc1)CC2. The molecule has 1 heterocycles. The molecule has 3 heteroatoms. The first kappa shape index (κ1) is 15.8. The van der Waals surface area contributed by atoms with E-state index in [1.165, 1.54) is 16.7 Å². The second kappa shape index (κ2) is 6.97. The number of nitrogens with zero attached hydrogens (tertiary/aromatic N) is 1. The van der Waals surface area contributed by atoms with Gasteiger partial charge in [0.05, 0.1) is 0 Å². The standard InChI is InChI=1S/C20H24N2O/c1-2-6-19(21)17-10-9-15-11-12-22(14-18(15)13-17)20(23)16-7-4-3-5-8-16/h3-5,7-10,13,19H,2,6,11-12,14,21H2,1H3. The summed E-state index contributed by atoms with van der Waals surface area (Å²) in [6.45, 7) is 3.61. The molecule has 0 spiro atoms. The molecule has 0 fully saturated rings. The van der Waals surface area contributed by atoms with Crippen LogP contribution in [0.1, 0.15) is 52.9 Å². The van der Waals surface area contributed by atoms with Gasteiger partial charge in [-0.25, -0.2) is 0 Å². The fourth-order valence-electron chi connectivity index (χ4n) is 3.22. The zero-order valence-corrected chi connectivity index (χ0v) is 13.7. The minimum Gasteiger partial charge on any atom is -0.334 e. The Hall–Kier alpha value is -2.13. The number of benzene rings is 2. The minimum atomic E-state index is 0.0884. The molecule has 1 amide bonds. The molecule has 0 aliphatic carbocycles. The Morgan fingerprint density at radius 2 is 1.96 bits per heavy atom. The van der Waals surface area contributed by atoms with E-state index in [0.717, 1.165) is 31.4 Å². The van der Waals surface area contributed by atoms with Crippen LogP contribution in [0.2, 0.25) is 0 Å². The summed E-state index contributed by atoms with van der Waals surface area (Å²) in [6.07, 6.45) is 2.99. The number of fused-ring (bicyclic) bond motifs is 1. The van der Waals surface area contributed by atoms with Gasteiger partial charge in [-0.3, -0.25) is 4.79 Å². The Balaban J connectivity index is 1.79. The van der Waals surface area contributed by atoms with Crippen molar-refractivity contribution >= 4 is 5.91 Å². The number of hydrogen-bond acceptors (Lipinski definition) is 2. The highest BCUT2D eigenvalue weighted by atomic mass is 16.2. The molecule has 1 aliphatic heterocycles. The first-order chi connectivity index (χ1) is 11.2. The molecular formula is C20H24N2O. The number of nitrogens with two attached hydrogens (primary N) is 1. The number of rotatable bonds is 4. The smallest absolute Gasteiger partial charge is 0.254 e. The number of carbonyl (C=O) groups is 1. The van der Waals surface area contributed by atoms with Crippen molar-refractivity contribution in [1.29, 1.82) is 0 Å². The number of carbonyl (C=O) groups excluding carboxylic acids is 1. The molecule has 23 heavy (non-hydrogen) atoms. The van der Waals surface area contributed by atoms with Crippen molar-refractivity contribution in [3.8, 4) is 0 Å². The lowest BCUT2D eigenvalue weighted by molar-refractivity contribution is 0.0734. The second-order valence-corrected chi connectivity index (χ2v) is 6.27. The molecule has 1 aliphatic rings. The first-order valence-corrected chi connectivity index (χ1v) is 8.40. The van der Waals surface area contributed by atoms with Crippen LogP contribution >= 0.6 is 0 Å². The minimum absolute atomic E-state index is 0.0884. The zero-order valence-electron chi connectivity index (χ0n) is 13.7. The van der Waals surface area contributed by atoms with Crippen LogP contribution in [0.25, 0.3) is 0 Å². The predicted octanol–water partition coefficient (Wildman–Crippen LogP) is 3.69. The number of amides is 1. The Labute approximate surface area is 138 Å². The third-order valence-electron chi connectivity index (χ3n) is 4.58. The van der Waals surface area contributed by atoms with E-state index in [9.17, 15) is 4.79 Å². The monoisotopic (exact) mass is 308 g/mol. The molecule has 0 saturated heterocycles. The summed E-state index contributed by atoms with van der Waals surface area (Å²) < 4.78 is 0. The van der Waals surface area contributed by atoms with Crippen molar-refractivity contribution in [3.63, 3.8) is 0 Å². The third-order valence-corrected chi connectivity index (χ3v) is 4.58. The van der Waals surface area contributed by atoms with E-state index in [2.05, 4.69) is 25.1 Å². The Morgan fingerprint density at radius 1 is 1.17 bits per heavy atom. The predicted molar refractivity (Wildman–Crippen MR) is 93.2 cm³/mol. The summed E-state index contributed by atoms with van der Waals surface area (Å²) >= 11 is 0. The van der Waals surface area contributed by atoms with Gasteiger partial charge in [0.15, 0.2) is 0 Å². The maximum Gasteiger partial charge on any atom is 0.254 e. The highest BCUT2D eigenvalue weighted by Crippen LogP contribution is 2.25. The summed E-state index contributed by atoms with van der Waals surface area (Å²) in [5, 5.41) is 0. The van der Waals surface area contributed by atoms with E-state index in [0.29, 0.717) is 6.54 Å². The Kier molecular flexibility index (Phi) is 4.77. The van der Waals surface area contributed by atoms with Crippen LogP contribution in [0.5, 0.6) is 0 Å². The van der Waals surface area contributed by atoms with Crippen LogP contribution in [0.15, 0.2) is 48.5 Å². The lowest BCUT2D eigenvalue weighted by Gasteiger charge is -2.30. The zero-order chi connectivity index (χ0) is 16.2. The summed E-state index contributed by atoms with van der Waals surface area (Å²) in [5.74, 6) is 0.111. The van der Waals surface area contributed by atoms with Gasteiger partial charge in [-0.05, 0) is 41.7 Å². The maximum atomic E-state index is 12.6. The van der Waals surface area contributed by atoms with Gasteiger partial charge in [0, 0.05) is 24.7 Å². The molecule has 3 nitrogen and oxygen atoms in total. The molecule has 120 valence electrons. The van der Waals surface area contributed by atoms with Crippen LogP contribution in [0, 0.1) is 0 Å². The summed E-state index contributed by atoms with van der Waals surface area (Å²) in [5.41, 5.74) is 10.8. The van der Waals surface area contributed by atoms with E-state index in [1.807, 2.05) is 35.2 Å².